The molecule has 0 bridgehead atoms. The minimum atomic E-state index is 0.318. The molecule has 1 saturated heterocycles. The number of nitrogens with one attached hydrogen (secondary N) is 2. The smallest absolute Gasteiger partial charge is 0.197 e. The lowest BCUT2D eigenvalue weighted by Crippen LogP contribution is -2.53. The van der Waals surface area contributed by atoms with Gasteiger partial charge in [0.1, 0.15) is 0 Å². The van der Waals surface area contributed by atoms with Crippen molar-refractivity contribution < 1.29 is 4.74 Å². The fourth-order valence-corrected chi connectivity index (χ4v) is 3.98. The Morgan fingerprint density at radius 2 is 2.26 bits per heavy atom. The Kier molecular flexibility index (Phi) is 4.23. The molecule has 5 nitrogen and oxygen atoms in total. The van der Waals surface area contributed by atoms with E-state index >= 15 is 0 Å². The number of hydrogen-bond acceptors (Lipinski definition) is 5. The third kappa shape index (κ3) is 2.95. The van der Waals surface area contributed by atoms with Crippen LogP contribution in [0.2, 0.25) is 0 Å². The molecule has 23 heavy (non-hydrogen) atoms. The summed E-state index contributed by atoms with van der Waals surface area (Å²) >= 11 is 0. The molecule has 2 N–H and O–H groups in total. The second-order valence-corrected chi connectivity index (χ2v) is 6.61. The Morgan fingerprint density at radius 3 is 3.09 bits per heavy atom. The van der Waals surface area contributed by atoms with Crippen molar-refractivity contribution in [3.05, 3.63) is 29.3 Å². The number of ether oxygens (including phenoxy) is 1. The molecule has 1 aromatic rings. The lowest BCUT2D eigenvalue weighted by molar-refractivity contribution is 0.0124. The minimum Gasteiger partial charge on any atom is -0.379 e. The molecule has 1 aliphatic carbocycles. The molecule has 124 valence electrons. The highest BCUT2D eigenvalue weighted by Gasteiger charge is 2.28. The number of morpholine rings is 1. The Hall–Kier alpha value is -1.59. The van der Waals surface area contributed by atoms with Gasteiger partial charge in [0.25, 0.3) is 0 Å². The van der Waals surface area contributed by atoms with Gasteiger partial charge in [-0.1, -0.05) is 19.1 Å². The third-order valence-corrected chi connectivity index (χ3v) is 5.17. The van der Waals surface area contributed by atoms with E-state index < -0.39 is 0 Å². The predicted molar refractivity (Wildman–Crippen MR) is 92.8 cm³/mol. The van der Waals surface area contributed by atoms with Gasteiger partial charge in [0.2, 0.25) is 0 Å². The Labute approximate surface area is 138 Å². The van der Waals surface area contributed by atoms with Crippen LogP contribution in [0.25, 0.3) is 0 Å². The Bertz CT molecular complexity index is 595. The summed E-state index contributed by atoms with van der Waals surface area (Å²) in [7, 11) is 0. The fourth-order valence-electron chi connectivity index (χ4n) is 3.98. The van der Waals surface area contributed by atoms with Crippen LogP contribution in [0.15, 0.2) is 23.2 Å². The minimum absolute atomic E-state index is 0.318. The monoisotopic (exact) mass is 314 g/mol. The first kappa shape index (κ1) is 15.0. The van der Waals surface area contributed by atoms with Crippen molar-refractivity contribution in [3.8, 4) is 0 Å². The van der Waals surface area contributed by atoms with Crippen molar-refractivity contribution in [3.63, 3.8) is 0 Å². The summed E-state index contributed by atoms with van der Waals surface area (Å²) in [5.41, 5.74) is 4.12. The van der Waals surface area contributed by atoms with E-state index in [1.165, 1.54) is 29.7 Å². The summed E-state index contributed by atoms with van der Waals surface area (Å²) in [6.07, 6.45) is 4.95. The number of hydrogen-bond donors (Lipinski definition) is 2. The Balaban J connectivity index is 1.53. The van der Waals surface area contributed by atoms with Crippen molar-refractivity contribution in [1.82, 2.24) is 10.2 Å². The van der Waals surface area contributed by atoms with Gasteiger partial charge in [-0.05, 0) is 37.3 Å². The molecule has 4 rings (SSSR count). The highest BCUT2D eigenvalue weighted by atomic mass is 16.5. The van der Waals surface area contributed by atoms with Gasteiger partial charge in [0.05, 0.1) is 25.4 Å². The predicted octanol–water partition coefficient (Wildman–Crippen LogP) is 2.50. The number of anilines is 1. The van der Waals surface area contributed by atoms with Gasteiger partial charge in [-0.15, -0.1) is 0 Å². The van der Waals surface area contributed by atoms with Crippen LogP contribution in [-0.4, -0.2) is 43.3 Å². The molecule has 5 heteroatoms. The van der Waals surface area contributed by atoms with Gasteiger partial charge in [-0.3, -0.25) is 4.90 Å². The summed E-state index contributed by atoms with van der Waals surface area (Å²) in [5, 5.41) is 7.15. The van der Waals surface area contributed by atoms with Crippen LogP contribution in [0.5, 0.6) is 0 Å². The van der Waals surface area contributed by atoms with Gasteiger partial charge in [0, 0.05) is 24.3 Å². The first-order valence-corrected chi connectivity index (χ1v) is 8.90. The second kappa shape index (κ2) is 6.49. The van der Waals surface area contributed by atoms with Crippen LogP contribution in [0, 0.1) is 0 Å². The molecule has 2 heterocycles. The van der Waals surface area contributed by atoms with E-state index in [0.29, 0.717) is 12.2 Å². The van der Waals surface area contributed by atoms with Crippen molar-refractivity contribution >= 4 is 11.6 Å². The molecule has 2 aliphatic heterocycles. The van der Waals surface area contributed by atoms with E-state index in [4.69, 9.17) is 9.73 Å². The highest BCUT2D eigenvalue weighted by molar-refractivity contribution is 5.96. The van der Waals surface area contributed by atoms with Gasteiger partial charge in [-0.2, -0.15) is 0 Å². The maximum absolute atomic E-state index is 5.47. The van der Waals surface area contributed by atoms with Crippen LogP contribution in [0.3, 0.4) is 0 Å². The zero-order valence-electron chi connectivity index (χ0n) is 13.8. The summed E-state index contributed by atoms with van der Waals surface area (Å²) in [6.45, 7) is 5.86. The SMILES string of the molecule is CCC(NC1=NC2CCCc3cccc(c32)N1)N1CCOCC1. The quantitative estimate of drug-likeness (QED) is 0.900. The van der Waals surface area contributed by atoms with Crippen molar-refractivity contribution in [2.45, 2.75) is 44.8 Å². The van der Waals surface area contributed by atoms with Crippen LogP contribution in [0.4, 0.5) is 5.69 Å². The van der Waals surface area contributed by atoms with Crippen molar-refractivity contribution in [2.24, 2.45) is 4.99 Å². The van der Waals surface area contributed by atoms with Crippen LogP contribution >= 0.6 is 0 Å². The van der Waals surface area contributed by atoms with E-state index in [9.17, 15) is 0 Å². The average molecular weight is 314 g/mol. The first-order chi connectivity index (χ1) is 11.3. The van der Waals surface area contributed by atoms with Gasteiger partial charge in [0.15, 0.2) is 5.96 Å². The normalized spacial score (nSPS) is 25.1. The molecular weight excluding hydrogens is 288 g/mol. The first-order valence-electron chi connectivity index (χ1n) is 8.90. The molecule has 0 amide bonds. The molecule has 0 radical (unpaired) electrons. The zero-order chi connectivity index (χ0) is 15.6. The molecule has 0 saturated carbocycles. The van der Waals surface area contributed by atoms with E-state index in [1.54, 1.807) is 0 Å². The van der Waals surface area contributed by atoms with Crippen LogP contribution in [0.1, 0.15) is 43.4 Å². The molecule has 0 spiro atoms. The summed E-state index contributed by atoms with van der Waals surface area (Å²) in [6, 6.07) is 6.92. The zero-order valence-corrected chi connectivity index (χ0v) is 13.8. The van der Waals surface area contributed by atoms with Gasteiger partial charge >= 0.3 is 0 Å². The number of aryl methyl sites for hydroxylation is 1. The Morgan fingerprint density at radius 1 is 1.39 bits per heavy atom. The number of benzene rings is 1. The number of aliphatic imine (C=N–C) groups is 1. The van der Waals surface area contributed by atoms with Gasteiger partial charge in [-0.25, -0.2) is 4.99 Å². The summed E-state index contributed by atoms with van der Waals surface area (Å²) < 4.78 is 5.47. The highest BCUT2D eigenvalue weighted by Crippen LogP contribution is 2.39. The lowest BCUT2D eigenvalue weighted by atomic mass is 9.86. The standard InChI is InChI=1S/C18H26N4O/c1-2-16(22-9-11-23-12-10-22)21-18-19-14-7-3-5-13-6-4-8-15(20-18)17(13)14/h3,5,7,15-16H,2,4,6,8-12H2,1H3,(H2,19,20,21). The van der Waals surface area contributed by atoms with E-state index in [0.717, 1.165) is 45.1 Å². The molecule has 0 aromatic heterocycles. The van der Waals surface area contributed by atoms with Crippen LogP contribution in [-0.2, 0) is 11.2 Å². The average Bonchev–Trinajstić information content (AvgIpc) is 2.61. The summed E-state index contributed by atoms with van der Waals surface area (Å²) in [5.74, 6) is 0.930. The van der Waals surface area contributed by atoms with Crippen molar-refractivity contribution in [2.75, 3.05) is 31.6 Å². The molecule has 3 aliphatic rings. The number of guanidine groups is 1. The third-order valence-electron chi connectivity index (χ3n) is 5.17. The summed E-state index contributed by atoms with van der Waals surface area (Å²) in [4.78, 5) is 7.43. The topological polar surface area (TPSA) is 48.9 Å². The van der Waals surface area contributed by atoms with Gasteiger partial charge < -0.3 is 15.4 Å². The van der Waals surface area contributed by atoms with Crippen molar-refractivity contribution in [1.29, 1.82) is 0 Å². The van der Waals surface area contributed by atoms with E-state index in [1.807, 2.05) is 0 Å². The molecule has 2 unspecified atom stereocenters. The number of rotatable bonds is 3. The van der Waals surface area contributed by atoms with E-state index in [-0.39, 0.29) is 0 Å². The second-order valence-electron chi connectivity index (χ2n) is 6.61. The largest absolute Gasteiger partial charge is 0.379 e. The molecule has 2 atom stereocenters. The molecule has 1 fully saturated rings. The number of nitrogens with zero attached hydrogens (tertiary/aromatic N) is 2. The van der Waals surface area contributed by atoms with Crippen LogP contribution < -0.4 is 10.6 Å². The lowest BCUT2D eigenvalue weighted by Gasteiger charge is -2.37. The molecular formula is C18H26N4O. The maximum atomic E-state index is 5.47. The fraction of sp³-hybridized carbons (Fsp3) is 0.611. The molecule has 1 aromatic carbocycles. The maximum Gasteiger partial charge on any atom is 0.197 e. The van der Waals surface area contributed by atoms with E-state index in [2.05, 4.69) is 40.7 Å².